The van der Waals surface area contributed by atoms with Gasteiger partial charge >= 0.3 is 0 Å². The van der Waals surface area contributed by atoms with E-state index in [4.69, 9.17) is 14.5 Å². The maximum atomic E-state index is 12.3. The zero-order valence-electron chi connectivity index (χ0n) is 19.5. The average molecular weight is 559 g/mol. The molecule has 1 saturated heterocycles. The third kappa shape index (κ3) is 8.77. The Bertz CT molecular complexity index is 732. The van der Waals surface area contributed by atoms with Crippen molar-refractivity contribution in [2.75, 3.05) is 32.8 Å². The molecule has 8 heteroatoms. The summed E-state index contributed by atoms with van der Waals surface area (Å²) in [6.07, 6.45) is 6.69. The lowest BCUT2D eigenvalue weighted by Crippen LogP contribution is -2.42. The van der Waals surface area contributed by atoms with Gasteiger partial charge in [0.2, 0.25) is 5.91 Å². The van der Waals surface area contributed by atoms with Gasteiger partial charge in [-0.15, -0.1) is 24.0 Å². The molecule has 2 aliphatic rings. The number of guanidine groups is 1. The van der Waals surface area contributed by atoms with Gasteiger partial charge in [0.15, 0.2) is 5.96 Å². The maximum Gasteiger partial charge on any atom is 0.223 e. The van der Waals surface area contributed by atoms with Crippen LogP contribution in [0.25, 0.3) is 0 Å². The van der Waals surface area contributed by atoms with E-state index in [1.54, 1.807) is 0 Å². The molecule has 3 rings (SSSR count). The van der Waals surface area contributed by atoms with Gasteiger partial charge in [0.1, 0.15) is 11.9 Å². The molecule has 2 fully saturated rings. The molecule has 1 aliphatic heterocycles. The van der Waals surface area contributed by atoms with Crippen LogP contribution in [0.2, 0.25) is 0 Å². The van der Waals surface area contributed by atoms with E-state index in [1.165, 1.54) is 24.8 Å². The number of aliphatic imine (C=N–C) groups is 1. The van der Waals surface area contributed by atoms with Gasteiger partial charge in [0, 0.05) is 37.5 Å². The van der Waals surface area contributed by atoms with Gasteiger partial charge in [-0.3, -0.25) is 4.79 Å². The minimum Gasteiger partial charge on any atom is -0.488 e. The number of carbonyl (C=O) groups excluding carboxylic acids is 1. The van der Waals surface area contributed by atoms with E-state index >= 15 is 0 Å². The lowest BCUT2D eigenvalue weighted by atomic mass is 9.89. The normalized spacial score (nSPS) is 19.2. The van der Waals surface area contributed by atoms with E-state index in [1.807, 2.05) is 6.92 Å². The van der Waals surface area contributed by atoms with Gasteiger partial charge in [-0.25, -0.2) is 4.99 Å². The van der Waals surface area contributed by atoms with E-state index in [-0.39, 0.29) is 41.9 Å². The summed E-state index contributed by atoms with van der Waals surface area (Å²) in [4.78, 5) is 17.0. The Kier molecular flexibility index (Phi) is 12.2. The van der Waals surface area contributed by atoms with Crippen molar-refractivity contribution in [2.45, 2.75) is 65.0 Å². The Balaban J connectivity index is 0.00000363. The molecule has 180 valence electrons. The molecule has 1 amide bonds. The Morgan fingerprint density at radius 3 is 2.62 bits per heavy atom. The van der Waals surface area contributed by atoms with Crippen LogP contribution in [0.5, 0.6) is 5.75 Å². The molecule has 0 radical (unpaired) electrons. The molecule has 0 bridgehead atoms. The number of halogens is 1. The van der Waals surface area contributed by atoms with Gasteiger partial charge < -0.3 is 25.4 Å². The molecule has 1 saturated carbocycles. The van der Waals surface area contributed by atoms with E-state index in [0.29, 0.717) is 26.2 Å². The van der Waals surface area contributed by atoms with E-state index in [2.05, 4.69) is 41.1 Å². The fraction of sp³-hybridized carbons (Fsp3) is 0.667. The highest BCUT2D eigenvalue weighted by Gasteiger charge is 2.20. The van der Waals surface area contributed by atoms with Gasteiger partial charge in [-0.1, -0.05) is 31.4 Å². The highest BCUT2D eigenvalue weighted by molar-refractivity contribution is 14.0. The van der Waals surface area contributed by atoms with Crippen molar-refractivity contribution >= 4 is 35.8 Å². The Labute approximate surface area is 209 Å². The van der Waals surface area contributed by atoms with Crippen molar-refractivity contribution in [2.24, 2.45) is 10.9 Å². The van der Waals surface area contributed by atoms with Crippen LogP contribution in [0.4, 0.5) is 0 Å². The predicted molar refractivity (Wildman–Crippen MR) is 139 cm³/mol. The summed E-state index contributed by atoms with van der Waals surface area (Å²) in [5.41, 5.74) is 2.22. The summed E-state index contributed by atoms with van der Waals surface area (Å²) in [5.74, 6) is 2.02. The second kappa shape index (κ2) is 14.6. The smallest absolute Gasteiger partial charge is 0.223 e. The Morgan fingerprint density at radius 1 is 1.12 bits per heavy atom. The molecule has 1 atom stereocenters. The topological polar surface area (TPSA) is 84.0 Å². The van der Waals surface area contributed by atoms with E-state index in [9.17, 15) is 4.79 Å². The third-order valence-corrected chi connectivity index (χ3v) is 5.85. The summed E-state index contributed by atoms with van der Waals surface area (Å²) in [7, 11) is 0. The van der Waals surface area contributed by atoms with Gasteiger partial charge in [-0.2, -0.15) is 0 Å². The number of amides is 1. The predicted octanol–water partition coefficient (Wildman–Crippen LogP) is 3.53. The Morgan fingerprint density at radius 2 is 1.91 bits per heavy atom. The number of nitrogens with zero attached hydrogens (tertiary/aromatic N) is 1. The molecule has 1 aliphatic carbocycles. The number of hydrogen-bond acceptors (Lipinski definition) is 4. The molecule has 1 aromatic carbocycles. The van der Waals surface area contributed by atoms with Crippen molar-refractivity contribution in [3.05, 3.63) is 29.3 Å². The summed E-state index contributed by atoms with van der Waals surface area (Å²) < 4.78 is 11.6. The minimum absolute atomic E-state index is 0. The lowest BCUT2D eigenvalue weighted by molar-refractivity contribution is -0.125. The molecule has 7 nitrogen and oxygen atoms in total. The number of rotatable bonds is 9. The molecule has 1 aromatic rings. The first kappa shape index (κ1) is 26.7. The summed E-state index contributed by atoms with van der Waals surface area (Å²) >= 11 is 0. The summed E-state index contributed by atoms with van der Waals surface area (Å²) in [6, 6.07) is 6.24. The number of hydrogen-bond donors (Lipinski definition) is 3. The fourth-order valence-electron chi connectivity index (χ4n) is 4.07. The summed E-state index contributed by atoms with van der Waals surface area (Å²) in [5, 5.41) is 9.65. The molecule has 0 aromatic heterocycles. The van der Waals surface area contributed by atoms with Crippen LogP contribution in [0.1, 0.15) is 56.6 Å². The number of benzene rings is 1. The second-order valence-corrected chi connectivity index (χ2v) is 8.46. The Hall–Kier alpha value is -1.55. The quantitative estimate of drug-likeness (QED) is 0.187. The number of nitrogens with one attached hydrogen (secondary N) is 3. The zero-order valence-corrected chi connectivity index (χ0v) is 21.8. The largest absolute Gasteiger partial charge is 0.488 e. The SMILES string of the molecule is CCNC(=NCc1ccc(C)cc1OC1CCOC1)NCCNC(=O)C1CCCCC1.I. The van der Waals surface area contributed by atoms with Crippen LogP contribution in [0, 0.1) is 12.8 Å². The standard InChI is InChI=1S/C24H38N4O3.HI/c1-3-25-24(27-13-12-26-23(29)19-7-5-4-6-8-19)28-16-20-10-9-18(2)15-22(20)31-21-11-14-30-17-21;/h9-10,15,19,21H,3-8,11-14,16-17H2,1-2H3,(H,26,29)(H2,25,27,28);1H. The van der Waals surface area contributed by atoms with Crippen LogP contribution < -0.4 is 20.7 Å². The maximum absolute atomic E-state index is 12.3. The van der Waals surface area contributed by atoms with E-state index in [0.717, 1.165) is 49.7 Å². The molecular formula is C24H39IN4O3. The lowest BCUT2D eigenvalue weighted by Gasteiger charge is -2.21. The van der Waals surface area contributed by atoms with Crippen molar-refractivity contribution in [1.82, 2.24) is 16.0 Å². The third-order valence-electron chi connectivity index (χ3n) is 5.85. The van der Waals surface area contributed by atoms with Crippen molar-refractivity contribution in [1.29, 1.82) is 0 Å². The minimum atomic E-state index is 0. The monoisotopic (exact) mass is 558 g/mol. The van der Waals surface area contributed by atoms with Crippen LogP contribution in [0.15, 0.2) is 23.2 Å². The number of aryl methyl sites for hydroxylation is 1. The molecule has 1 heterocycles. The van der Waals surface area contributed by atoms with Crippen molar-refractivity contribution in [3.63, 3.8) is 0 Å². The second-order valence-electron chi connectivity index (χ2n) is 8.46. The molecule has 1 unspecified atom stereocenters. The summed E-state index contributed by atoms with van der Waals surface area (Å²) in [6.45, 7) is 8.05. The van der Waals surface area contributed by atoms with Crippen LogP contribution >= 0.6 is 24.0 Å². The molecule has 32 heavy (non-hydrogen) atoms. The van der Waals surface area contributed by atoms with Gasteiger partial charge in [0.25, 0.3) is 0 Å². The van der Waals surface area contributed by atoms with Crippen molar-refractivity contribution in [3.8, 4) is 5.75 Å². The number of ether oxygens (including phenoxy) is 2. The molecule has 0 spiro atoms. The molecular weight excluding hydrogens is 519 g/mol. The van der Waals surface area contributed by atoms with Gasteiger partial charge in [0.05, 0.1) is 19.8 Å². The molecule has 3 N–H and O–H groups in total. The first-order valence-corrected chi connectivity index (χ1v) is 11.8. The number of carbonyl (C=O) groups is 1. The zero-order chi connectivity index (χ0) is 21.9. The highest BCUT2D eigenvalue weighted by Crippen LogP contribution is 2.25. The van der Waals surface area contributed by atoms with Gasteiger partial charge in [-0.05, 0) is 38.3 Å². The van der Waals surface area contributed by atoms with Crippen molar-refractivity contribution < 1.29 is 14.3 Å². The fourth-order valence-corrected chi connectivity index (χ4v) is 4.07. The van der Waals surface area contributed by atoms with Crippen LogP contribution in [0.3, 0.4) is 0 Å². The first-order valence-electron chi connectivity index (χ1n) is 11.8. The van der Waals surface area contributed by atoms with Crippen LogP contribution in [-0.2, 0) is 16.1 Å². The van der Waals surface area contributed by atoms with Crippen LogP contribution in [-0.4, -0.2) is 50.8 Å². The van der Waals surface area contributed by atoms with E-state index < -0.39 is 0 Å². The average Bonchev–Trinajstić information content (AvgIpc) is 3.29. The highest BCUT2D eigenvalue weighted by atomic mass is 127. The first-order chi connectivity index (χ1) is 15.2.